The third-order valence-corrected chi connectivity index (χ3v) is 4.12. The second-order valence-electron chi connectivity index (χ2n) is 5.86. The maximum atomic E-state index is 4.51. The van der Waals surface area contributed by atoms with Gasteiger partial charge in [0.05, 0.1) is 18.1 Å². The predicted molar refractivity (Wildman–Crippen MR) is 80.7 cm³/mol. The average molecular weight is 275 g/mol. The highest BCUT2D eigenvalue weighted by Crippen LogP contribution is 2.27. The molecule has 1 N–H and O–H groups in total. The van der Waals surface area contributed by atoms with Crippen molar-refractivity contribution in [1.29, 1.82) is 0 Å². The Hall–Kier alpha value is -1.20. The van der Waals surface area contributed by atoms with Gasteiger partial charge in [0.2, 0.25) is 0 Å². The number of piperazine rings is 1. The van der Waals surface area contributed by atoms with E-state index in [0.29, 0.717) is 0 Å². The first-order valence-corrected chi connectivity index (χ1v) is 7.86. The number of anilines is 1. The van der Waals surface area contributed by atoms with Crippen LogP contribution in [0.4, 0.5) is 5.82 Å². The SMILES string of the molecule is CCCNc1cnc(CN2CCN(C3CC3)CC2)cn1. The van der Waals surface area contributed by atoms with Crippen LogP contribution in [0.25, 0.3) is 0 Å². The van der Waals surface area contributed by atoms with Crippen molar-refractivity contribution in [2.75, 3.05) is 38.0 Å². The highest BCUT2D eigenvalue weighted by atomic mass is 15.3. The van der Waals surface area contributed by atoms with Gasteiger partial charge in [-0.1, -0.05) is 6.92 Å². The van der Waals surface area contributed by atoms with Gasteiger partial charge in [-0.25, -0.2) is 4.98 Å². The summed E-state index contributed by atoms with van der Waals surface area (Å²) >= 11 is 0. The molecule has 0 atom stereocenters. The van der Waals surface area contributed by atoms with Crippen molar-refractivity contribution in [3.8, 4) is 0 Å². The summed E-state index contributed by atoms with van der Waals surface area (Å²) in [5, 5.41) is 3.26. The molecule has 0 amide bonds. The van der Waals surface area contributed by atoms with Crippen molar-refractivity contribution in [2.24, 2.45) is 0 Å². The van der Waals surface area contributed by atoms with E-state index in [0.717, 1.165) is 50.2 Å². The summed E-state index contributed by atoms with van der Waals surface area (Å²) in [6, 6.07) is 0.904. The minimum absolute atomic E-state index is 0.883. The van der Waals surface area contributed by atoms with Crippen molar-refractivity contribution in [1.82, 2.24) is 19.8 Å². The van der Waals surface area contributed by atoms with Crippen LogP contribution in [0, 0.1) is 0 Å². The van der Waals surface area contributed by atoms with E-state index in [2.05, 4.69) is 32.0 Å². The topological polar surface area (TPSA) is 44.3 Å². The first-order valence-electron chi connectivity index (χ1n) is 7.86. The molecular formula is C15H25N5. The molecular weight excluding hydrogens is 250 g/mol. The molecule has 5 nitrogen and oxygen atoms in total. The highest BCUT2D eigenvalue weighted by molar-refractivity contribution is 5.30. The maximum absolute atomic E-state index is 4.51. The molecule has 2 aliphatic rings. The van der Waals surface area contributed by atoms with E-state index < -0.39 is 0 Å². The molecule has 1 aromatic heterocycles. The zero-order chi connectivity index (χ0) is 13.8. The monoisotopic (exact) mass is 275 g/mol. The molecule has 1 aliphatic carbocycles. The van der Waals surface area contributed by atoms with Gasteiger partial charge in [-0.15, -0.1) is 0 Å². The summed E-state index contributed by atoms with van der Waals surface area (Å²) in [5.74, 6) is 0.883. The Morgan fingerprint density at radius 1 is 1.15 bits per heavy atom. The Morgan fingerprint density at radius 2 is 1.95 bits per heavy atom. The van der Waals surface area contributed by atoms with Gasteiger partial charge in [-0.2, -0.15) is 0 Å². The van der Waals surface area contributed by atoms with Gasteiger partial charge in [-0.05, 0) is 19.3 Å². The summed E-state index contributed by atoms with van der Waals surface area (Å²) in [6.07, 6.45) is 7.70. The van der Waals surface area contributed by atoms with Crippen LogP contribution in [-0.4, -0.2) is 58.5 Å². The van der Waals surface area contributed by atoms with E-state index >= 15 is 0 Å². The summed E-state index contributed by atoms with van der Waals surface area (Å²) < 4.78 is 0. The van der Waals surface area contributed by atoms with Crippen molar-refractivity contribution in [3.63, 3.8) is 0 Å². The van der Waals surface area contributed by atoms with Crippen LogP contribution in [-0.2, 0) is 6.54 Å². The molecule has 110 valence electrons. The van der Waals surface area contributed by atoms with Crippen molar-refractivity contribution >= 4 is 5.82 Å². The molecule has 3 rings (SSSR count). The van der Waals surface area contributed by atoms with Gasteiger partial charge in [0, 0.05) is 45.3 Å². The minimum atomic E-state index is 0.883. The van der Waals surface area contributed by atoms with Crippen LogP contribution in [0.2, 0.25) is 0 Å². The summed E-state index contributed by atoms with van der Waals surface area (Å²) in [7, 11) is 0. The third-order valence-electron chi connectivity index (χ3n) is 4.12. The summed E-state index contributed by atoms with van der Waals surface area (Å²) in [4.78, 5) is 14.1. The van der Waals surface area contributed by atoms with E-state index in [9.17, 15) is 0 Å². The second kappa shape index (κ2) is 6.50. The average Bonchev–Trinajstić information content (AvgIpc) is 3.32. The van der Waals surface area contributed by atoms with Gasteiger partial charge < -0.3 is 5.32 Å². The van der Waals surface area contributed by atoms with Crippen LogP contribution in [0.1, 0.15) is 31.9 Å². The molecule has 1 saturated carbocycles. The normalized spacial score (nSPS) is 21.1. The van der Waals surface area contributed by atoms with Crippen LogP contribution in [0.3, 0.4) is 0 Å². The Kier molecular flexibility index (Phi) is 4.47. The minimum Gasteiger partial charge on any atom is -0.369 e. The largest absolute Gasteiger partial charge is 0.369 e. The zero-order valence-corrected chi connectivity index (χ0v) is 12.4. The molecule has 2 fully saturated rings. The molecule has 0 aromatic carbocycles. The fourth-order valence-corrected chi connectivity index (χ4v) is 2.74. The number of aromatic nitrogens is 2. The van der Waals surface area contributed by atoms with Gasteiger partial charge in [0.25, 0.3) is 0 Å². The van der Waals surface area contributed by atoms with E-state index in [1.807, 2.05) is 12.4 Å². The number of nitrogens with zero attached hydrogens (tertiary/aromatic N) is 4. The molecule has 0 unspecified atom stereocenters. The Balaban J connectivity index is 1.45. The van der Waals surface area contributed by atoms with Crippen LogP contribution < -0.4 is 5.32 Å². The molecule has 5 heteroatoms. The number of nitrogens with one attached hydrogen (secondary N) is 1. The van der Waals surface area contributed by atoms with Crippen molar-refractivity contribution < 1.29 is 0 Å². The molecule has 0 radical (unpaired) electrons. The van der Waals surface area contributed by atoms with Gasteiger partial charge in [-0.3, -0.25) is 14.8 Å². The fourth-order valence-electron chi connectivity index (χ4n) is 2.74. The van der Waals surface area contributed by atoms with E-state index in [1.54, 1.807) is 0 Å². The van der Waals surface area contributed by atoms with Crippen molar-refractivity contribution in [3.05, 3.63) is 18.1 Å². The molecule has 0 spiro atoms. The Bertz CT molecular complexity index is 407. The molecule has 20 heavy (non-hydrogen) atoms. The quantitative estimate of drug-likeness (QED) is 0.854. The van der Waals surface area contributed by atoms with Gasteiger partial charge >= 0.3 is 0 Å². The second-order valence-corrected chi connectivity index (χ2v) is 5.86. The summed E-state index contributed by atoms with van der Waals surface area (Å²) in [5.41, 5.74) is 1.08. The lowest BCUT2D eigenvalue weighted by atomic mass is 10.3. The number of hydrogen-bond acceptors (Lipinski definition) is 5. The lowest BCUT2D eigenvalue weighted by Crippen LogP contribution is -2.46. The molecule has 1 aromatic rings. The lowest BCUT2D eigenvalue weighted by molar-refractivity contribution is 0.120. The first-order chi connectivity index (χ1) is 9.85. The molecule has 1 saturated heterocycles. The first kappa shape index (κ1) is 13.8. The fraction of sp³-hybridized carbons (Fsp3) is 0.733. The molecule has 2 heterocycles. The molecule has 1 aliphatic heterocycles. The summed E-state index contributed by atoms with van der Waals surface area (Å²) in [6.45, 7) is 8.79. The van der Waals surface area contributed by atoms with E-state index in [-0.39, 0.29) is 0 Å². The van der Waals surface area contributed by atoms with Crippen LogP contribution in [0.5, 0.6) is 0 Å². The zero-order valence-electron chi connectivity index (χ0n) is 12.4. The standard InChI is InChI=1S/C15H25N5/c1-2-5-16-15-11-17-13(10-18-15)12-19-6-8-20(9-7-19)14-3-4-14/h10-11,14H,2-9,12H2,1H3,(H,16,18). The van der Waals surface area contributed by atoms with Crippen molar-refractivity contribution in [2.45, 2.75) is 38.8 Å². The predicted octanol–water partition coefficient (Wildman–Crippen LogP) is 1.58. The molecule has 0 bridgehead atoms. The highest BCUT2D eigenvalue weighted by Gasteiger charge is 2.31. The van der Waals surface area contributed by atoms with E-state index in [4.69, 9.17) is 0 Å². The van der Waals surface area contributed by atoms with Gasteiger partial charge in [0.1, 0.15) is 5.82 Å². The van der Waals surface area contributed by atoms with Crippen LogP contribution >= 0.6 is 0 Å². The van der Waals surface area contributed by atoms with Gasteiger partial charge in [0.15, 0.2) is 0 Å². The lowest BCUT2D eigenvalue weighted by Gasteiger charge is -2.34. The van der Waals surface area contributed by atoms with Crippen LogP contribution in [0.15, 0.2) is 12.4 Å². The Morgan fingerprint density at radius 3 is 2.55 bits per heavy atom. The smallest absolute Gasteiger partial charge is 0.144 e. The van der Waals surface area contributed by atoms with E-state index in [1.165, 1.54) is 25.9 Å². The maximum Gasteiger partial charge on any atom is 0.144 e. The number of hydrogen-bond donors (Lipinski definition) is 1. The third kappa shape index (κ3) is 3.67. The Labute approximate surface area is 121 Å². The number of rotatable bonds is 6.